The summed E-state index contributed by atoms with van der Waals surface area (Å²) in [5.41, 5.74) is 0.742. The van der Waals surface area contributed by atoms with Crippen LogP contribution in [0.5, 0.6) is 0 Å². The van der Waals surface area contributed by atoms with Gasteiger partial charge in [0, 0.05) is 31.9 Å². The third-order valence-electron chi connectivity index (χ3n) is 4.43. The van der Waals surface area contributed by atoms with Gasteiger partial charge in [-0.3, -0.25) is 10.0 Å². The lowest BCUT2D eigenvalue weighted by Crippen LogP contribution is -2.30. The summed E-state index contributed by atoms with van der Waals surface area (Å²) in [6.07, 6.45) is 12.1. The number of carbonyl (C=O) groups is 1. The fraction of sp³-hybridized carbons (Fsp3) is 0.682. The van der Waals surface area contributed by atoms with E-state index >= 15 is 0 Å². The van der Waals surface area contributed by atoms with Crippen molar-refractivity contribution < 1.29 is 14.3 Å². The van der Waals surface area contributed by atoms with Crippen LogP contribution in [0.1, 0.15) is 53.4 Å². The van der Waals surface area contributed by atoms with Gasteiger partial charge in [-0.25, -0.2) is 4.99 Å². The van der Waals surface area contributed by atoms with Crippen molar-refractivity contribution in [3.63, 3.8) is 0 Å². The first kappa shape index (κ1) is 25.8. The van der Waals surface area contributed by atoms with Crippen LogP contribution >= 0.6 is 0 Å². The zero-order valence-corrected chi connectivity index (χ0v) is 19.1. The SMILES string of the molecule is CCCC1=N/CC=C(/C=C/N(CC(C)OCCC(C)(C)OCC=O)/N=N\C)C/C=N\1. The molecular weight excluding hydrogens is 382 g/mol. The number of aliphatic imine (C=N–C) groups is 2. The minimum atomic E-state index is -0.394. The molecule has 0 aromatic carbocycles. The average Bonchev–Trinajstić information content (AvgIpc) is 2.67. The first-order chi connectivity index (χ1) is 14.4. The largest absolute Gasteiger partial charge is 0.376 e. The first-order valence-electron chi connectivity index (χ1n) is 10.6. The maximum absolute atomic E-state index is 10.5. The molecule has 1 aliphatic rings. The highest BCUT2D eigenvalue weighted by Crippen LogP contribution is 2.15. The number of allylic oxidation sites excluding steroid dienone is 2. The monoisotopic (exact) mass is 419 g/mol. The Morgan fingerprint density at radius 3 is 2.90 bits per heavy atom. The van der Waals surface area contributed by atoms with Gasteiger partial charge in [-0.2, -0.15) is 5.11 Å². The van der Waals surface area contributed by atoms with Gasteiger partial charge in [0.2, 0.25) is 0 Å². The van der Waals surface area contributed by atoms with Gasteiger partial charge in [0.05, 0.1) is 31.8 Å². The van der Waals surface area contributed by atoms with E-state index in [1.807, 2.05) is 39.3 Å². The molecule has 30 heavy (non-hydrogen) atoms. The molecule has 8 nitrogen and oxygen atoms in total. The minimum absolute atomic E-state index is 0.0453. The normalized spacial score (nSPS) is 19.1. The summed E-state index contributed by atoms with van der Waals surface area (Å²) >= 11 is 0. The number of aldehydes is 1. The van der Waals surface area contributed by atoms with Crippen molar-refractivity contribution in [1.29, 1.82) is 0 Å². The van der Waals surface area contributed by atoms with E-state index in [9.17, 15) is 4.79 Å². The lowest BCUT2D eigenvalue weighted by molar-refractivity contribution is -0.119. The van der Waals surface area contributed by atoms with Gasteiger partial charge in [0.25, 0.3) is 0 Å². The number of hydrogen-bond donors (Lipinski definition) is 0. The Morgan fingerprint density at radius 1 is 1.40 bits per heavy atom. The predicted molar refractivity (Wildman–Crippen MR) is 121 cm³/mol. The number of nitrogens with zero attached hydrogens (tertiary/aromatic N) is 5. The molecule has 0 bridgehead atoms. The summed E-state index contributed by atoms with van der Waals surface area (Å²) in [6, 6.07) is 0. The quantitative estimate of drug-likeness (QED) is 0.240. The number of hydrogen-bond acceptors (Lipinski definition) is 7. The van der Waals surface area contributed by atoms with Gasteiger partial charge in [-0.05, 0) is 45.3 Å². The molecule has 0 N–H and O–H groups in total. The molecule has 0 saturated heterocycles. The number of ether oxygens (including phenoxy) is 2. The van der Waals surface area contributed by atoms with Gasteiger partial charge >= 0.3 is 0 Å². The van der Waals surface area contributed by atoms with Gasteiger partial charge in [-0.1, -0.05) is 18.2 Å². The van der Waals surface area contributed by atoms with Crippen LogP contribution in [-0.4, -0.2) is 68.4 Å². The highest BCUT2D eigenvalue weighted by Gasteiger charge is 2.18. The van der Waals surface area contributed by atoms with Crippen LogP contribution < -0.4 is 0 Å². The zero-order valence-electron chi connectivity index (χ0n) is 19.1. The minimum Gasteiger partial charge on any atom is -0.376 e. The highest BCUT2D eigenvalue weighted by molar-refractivity contribution is 5.90. The van der Waals surface area contributed by atoms with Crippen LogP contribution in [0.2, 0.25) is 0 Å². The molecule has 0 aliphatic carbocycles. The topological polar surface area (TPSA) is 88.2 Å². The Kier molecular flexibility index (Phi) is 12.7. The molecule has 1 heterocycles. The third kappa shape index (κ3) is 11.7. The number of amidine groups is 1. The summed E-state index contributed by atoms with van der Waals surface area (Å²) < 4.78 is 11.4. The van der Waals surface area contributed by atoms with Crippen molar-refractivity contribution in [3.8, 4) is 0 Å². The number of carbonyl (C=O) groups excluding carboxylic acids is 1. The lowest BCUT2D eigenvalue weighted by atomic mass is 10.1. The maximum atomic E-state index is 10.5. The molecular formula is C22H37N5O3. The Bertz CT molecular complexity index is 653. The Morgan fingerprint density at radius 2 is 2.20 bits per heavy atom. The fourth-order valence-electron chi connectivity index (χ4n) is 2.73. The molecule has 0 saturated carbocycles. The van der Waals surface area contributed by atoms with Crippen LogP contribution in [0, 0.1) is 0 Å². The smallest absolute Gasteiger partial charge is 0.145 e. The predicted octanol–water partition coefficient (Wildman–Crippen LogP) is 4.19. The van der Waals surface area contributed by atoms with Crippen molar-refractivity contribution >= 4 is 18.3 Å². The van der Waals surface area contributed by atoms with E-state index in [1.165, 1.54) is 0 Å². The van der Waals surface area contributed by atoms with E-state index < -0.39 is 5.60 Å². The van der Waals surface area contributed by atoms with Crippen LogP contribution in [0.3, 0.4) is 0 Å². The second kappa shape index (κ2) is 14.7. The summed E-state index contributed by atoms with van der Waals surface area (Å²) in [6.45, 7) is 9.88. The molecule has 1 unspecified atom stereocenters. The van der Waals surface area contributed by atoms with Crippen molar-refractivity contribution in [2.45, 2.75) is 65.1 Å². The van der Waals surface area contributed by atoms with E-state index in [0.29, 0.717) is 26.1 Å². The van der Waals surface area contributed by atoms with Crippen LogP contribution in [-0.2, 0) is 14.3 Å². The Balaban J connectivity index is 2.54. The van der Waals surface area contributed by atoms with Crippen molar-refractivity contribution in [2.24, 2.45) is 20.3 Å². The van der Waals surface area contributed by atoms with E-state index in [1.54, 1.807) is 12.1 Å². The van der Waals surface area contributed by atoms with Crippen LogP contribution in [0.25, 0.3) is 0 Å². The lowest BCUT2D eigenvalue weighted by Gasteiger charge is -2.25. The summed E-state index contributed by atoms with van der Waals surface area (Å²) in [4.78, 5) is 19.4. The third-order valence-corrected chi connectivity index (χ3v) is 4.43. The molecule has 1 atom stereocenters. The standard InChI is InChI=1S/C22H37N5O3/c1-6-7-21-24-12-8-20(9-13-25-21)10-14-27(26-23-5)18-19(2)29-16-11-22(3,4)30-17-15-28/h8,10,13-15,19H,6-7,9,11-12,16-18H2,1-5H3/b14-10+,20-8?,24-21-,25-13-,26-23-. The fourth-order valence-corrected chi connectivity index (χ4v) is 2.73. The van der Waals surface area contributed by atoms with Crippen molar-refractivity contribution in [3.05, 3.63) is 23.9 Å². The van der Waals surface area contributed by atoms with E-state index in [0.717, 1.165) is 37.0 Å². The van der Waals surface area contributed by atoms with Crippen LogP contribution in [0.15, 0.2) is 44.2 Å². The molecule has 0 radical (unpaired) electrons. The average molecular weight is 420 g/mol. The molecule has 1 aliphatic heterocycles. The first-order valence-corrected chi connectivity index (χ1v) is 10.6. The molecule has 8 heteroatoms. The van der Waals surface area contributed by atoms with Gasteiger partial charge in [-0.15, -0.1) is 0 Å². The van der Waals surface area contributed by atoms with Gasteiger partial charge < -0.3 is 14.3 Å². The molecule has 0 aromatic heterocycles. The van der Waals surface area contributed by atoms with Gasteiger partial charge in [0.1, 0.15) is 18.7 Å². The highest BCUT2D eigenvalue weighted by atomic mass is 16.5. The second-order valence-corrected chi connectivity index (χ2v) is 7.70. The molecule has 0 aromatic rings. The Labute approximate surface area is 180 Å². The van der Waals surface area contributed by atoms with E-state index in [2.05, 4.69) is 33.3 Å². The van der Waals surface area contributed by atoms with E-state index in [-0.39, 0.29) is 12.7 Å². The summed E-state index contributed by atoms with van der Waals surface area (Å²) in [5.74, 6) is 0.920. The summed E-state index contributed by atoms with van der Waals surface area (Å²) in [5, 5.41) is 9.82. The molecule has 0 spiro atoms. The second-order valence-electron chi connectivity index (χ2n) is 7.70. The summed E-state index contributed by atoms with van der Waals surface area (Å²) in [7, 11) is 1.64. The van der Waals surface area contributed by atoms with E-state index in [4.69, 9.17) is 9.47 Å². The number of rotatable bonds is 14. The molecule has 0 amide bonds. The molecule has 1 rings (SSSR count). The van der Waals surface area contributed by atoms with Crippen molar-refractivity contribution in [2.75, 3.05) is 33.4 Å². The molecule has 0 fully saturated rings. The van der Waals surface area contributed by atoms with Gasteiger partial charge in [0.15, 0.2) is 0 Å². The Hall–Kier alpha value is -2.19. The maximum Gasteiger partial charge on any atom is 0.145 e. The van der Waals surface area contributed by atoms with Crippen molar-refractivity contribution in [1.82, 2.24) is 5.01 Å². The van der Waals surface area contributed by atoms with Crippen LogP contribution in [0.4, 0.5) is 0 Å². The zero-order chi connectivity index (χ0) is 22.2. The molecule has 168 valence electrons.